The van der Waals surface area contributed by atoms with Gasteiger partial charge >= 0.3 is 5.97 Å². The van der Waals surface area contributed by atoms with Gasteiger partial charge in [-0.15, -0.1) is 11.8 Å². The number of methoxy groups -OCH3 is 1. The standard InChI is InChI=1S/C5H6O3S/c1-8-5(7)4(3-6)9-2/h1-2H3. The Bertz CT molecular complexity index is 158. The molecule has 3 nitrogen and oxygen atoms in total. The lowest BCUT2D eigenvalue weighted by atomic mass is 10.6. The van der Waals surface area contributed by atoms with Gasteiger partial charge in [0.1, 0.15) is 5.94 Å². The van der Waals surface area contributed by atoms with Crippen molar-refractivity contribution >= 4 is 23.7 Å². The highest BCUT2D eigenvalue weighted by Gasteiger charge is 2.07. The van der Waals surface area contributed by atoms with E-state index in [1.807, 2.05) is 0 Å². The first-order chi connectivity index (χ1) is 4.26. The molecule has 0 amide bonds. The van der Waals surface area contributed by atoms with Gasteiger partial charge in [-0.1, -0.05) is 0 Å². The fraction of sp³-hybridized carbons (Fsp3) is 0.400. The van der Waals surface area contributed by atoms with Crippen molar-refractivity contribution in [1.29, 1.82) is 0 Å². The molecule has 0 unspecified atom stereocenters. The van der Waals surface area contributed by atoms with Crippen molar-refractivity contribution in [2.24, 2.45) is 0 Å². The summed E-state index contributed by atoms with van der Waals surface area (Å²) in [5.41, 5.74) is 0. The van der Waals surface area contributed by atoms with Crippen LogP contribution in [0.5, 0.6) is 0 Å². The molecule has 4 heteroatoms. The van der Waals surface area contributed by atoms with Gasteiger partial charge in [0.2, 0.25) is 0 Å². The lowest BCUT2D eigenvalue weighted by Gasteiger charge is -1.93. The molecule has 0 rings (SSSR count). The molecule has 50 valence electrons. The summed E-state index contributed by atoms with van der Waals surface area (Å²) in [5.74, 6) is 0.830. The number of hydrogen-bond donors (Lipinski definition) is 0. The Hall–Kier alpha value is -0.730. The fourth-order valence-corrected chi connectivity index (χ4v) is 0.593. The Kier molecular flexibility index (Phi) is 3.84. The number of rotatable bonds is 2. The highest BCUT2D eigenvalue weighted by molar-refractivity contribution is 8.03. The van der Waals surface area contributed by atoms with Gasteiger partial charge in [0.25, 0.3) is 0 Å². The minimum atomic E-state index is -0.627. The van der Waals surface area contributed by atoms with E-state index in [4.69, 9.17) is 0 Å². The largest absolute Gasteiger partial charge is 0.464 e. The topological polar surface area (TPSA) is 43.4 Å². The maximum atomic E-state index is 10.4. The average molecular weight is 146 g/mol. The van der Waals surface area contributed by atoms with E-state index in [0.717, 1.165) is 11.8 Å². The lowest BCUT2D eigenvalue weighted by molar-refractivity contribution is -0.135. The Balaban J connectivity index is 4.14. The number of esters is 1. The number of ether oxygens (including phenoxy) is 1. The van der Waals surface area contributed by atoms with Gasteiger partial charge in [-0.2, -0.15) is 0 Å². The molecular weight excluding hydrogens is 140 g/mol. The molecule has 0 radical (unpaired) electrons. The zero-order chi connectivity index (χ0) is 7.28. The van der Waals surface area contributed by atoms with Crippen LogP contribution >= 0.6 is 11.8 Å². The van der Waals surface area contributed by atoms with Crippen LogP contribution in [0.3, 0.4) is 0 Å². The Morgan fingerprint density at radius 2 is 2.22 bits per heavy atom. The van der Waals surface area contributed by atoms with Crippen LogP contribution in [-0.4, -0.2) is 25.3 Å². The molecule has 0 saturated heterocycles. The number of hydrogen-bond acceptors (Lipinski definition) is 4. The second-order valence-electron chi connectivity index (χ2n) is 1.13. The second kappa shape index (κ2) is 4.18. The SMILES string of the molecule is COC(=O)C(=C=O)SC. The number of thioether (sulfide) groups is 1. The molecule has 0 aromatic heterocycles. The van der Waals surface area contributed by atoms with E-state index in [2.05, 4.69) is 4.74 Å². The van der Waals surface area contributed by atoms with Crippen LogP contribution in [0.4, 0.5) is 0 Å². The van der Waals surface area contributed by atoms with Crippen LogP contribution < -0.4 is 0 Å². The molecular formula is C5H6O3S. The molecule has 0 aliphatic rings. The zero-order valence-corrected chi connectivity index (χ0v) is 5.95. The molecule has 0 heterocycles. The van der Waals surface area contributed by atoms with Gasteiger partial charge in [-0.25, -0.2) is 9.59 Å². The van der Waals surface area contributed by atoms with Gasteiger partial charge in [-0.05, 0) is 6.26 Å². The third-order valence-electron chi connectivity index (χ3n) is 0.668. The minimum absolute atomic E-state index is 0.0301. The van der Waals surface area contributed by atoms with Gasteiger partial charge in [0, 0.05) is 0 Å². The lowest BCUT2D eigenvalue weighted by Crippen LogP contribution is -2.01. The van der Waals surface area contributed by atoms with Crippen molar-refractivity contribution < 1.29 is 14.3 Å². The Morgan fingerprint density at radius 1 is 1.67 bits per heavy atom. The summed E-state index contributed by atoms with van der Waals surface area (Å²) < 4.78 is 4.23. The van der Waals surface area contributed by atoms with Gasteiger partial charge in [-0.3, -0.25) is 0 Å². The first-order valence-corrected chi connectivity index (χ1v) is 3.36. The van der Waals surface area contributed by atoms with E-state index in [-0.39, 0.29) is 4.91 Å². The summed E-state index contributed by atoms with van der Waals surface area (Å²) in [7, 11) is 1.22. The van der Waals surface area contributed by atoms with E-state index in [1.165, 1.54) is 13.1 Å². The molecule has 0 aliphatic heterocycles. The molecule has 0 spiro atoms. The molecule has 0 aromatic carbocycles. The van der Waals surface area contributed by atoms with E-state index >= 15 is 0 Å². The molecule has 9 heavy (non-hydrogen) atoms. The maximum absolute atomic E-state index is 10.4. The third-order valence-corrected chi connectivity index (χ3v) is 1.33. The summed E-state index contributed by atoms with van der Waals surface area (Å²) in [6, 6.07) is 0. The highest BCUT2D eigenvalue weighted by Crippen LogP contribution is 2.07. The minimum Gasteiger partial charge on any atom is -0.464 e. The quantitative estimate of drug-likeness (QED) is 0.318. The van der Waals surface area contributed by atoms with Crippen LogP contribution in [0.2, 0.25) is 0 Å². The molecule has 0 N–H and O–H groups in total. The average Bonchev–Trinajstić information content (AvgIpc) is 1.90. The smallest absolute Gasteiger partial charge is 0.355 e. The summed E-state index contributed by atoms with van der Waals surface area (Å²) in [6.07, 6.45) is 1.61. The molecule has 0 aliphatic carbocycles. The first-order valence-electron chi connectivity index (χ1n) is 2.13. The molecule has 0 aromatic rings. The summed E-state index contributed by atoms with van der Waals surface area (Å²) in [6.45, 7) is 0. The fourth-order valence-electron chi connectivity index (χ4n) is 0.259. The van der Waals surface area contributed by atoms with E-state index in [9.17, 15) is 9.59 Å². The normalized spacial score (nSPS) is 7.78. The van der Waals surface area contributed by atoms with Crippen molar-refractivity contribution in [1.82, 2.24) is 0 Å². The molecule has 0 fully saturated rings. The summed E-state index contributed by atoms with van der Waals surface area (Å²) >= 11 is 1.02. The van der Waals surface area contributed by atoms with Gasteiger partial charge in [0.05, 0.1) is 7.11 Å². The van der Waals surface area contributed by atoms with Crippen LogP contribution in [0.15, 0.2) is 4.91 Å². The Labute approximate surface area is 57.1 Å². The molecule has 0 atom stereocenters. The third kappa shape index (κ3) is 2.35. The Morgan fingerprint density at radius 3 is 2.33 bits per heavy atom. The number of carbonyl (C=O) groups is 1. The second-order valence-corrected chi connectivity index (χ2v) is 1.94. The predicted octanol–water partition coefficient (Wildman–Crippen LogP) is 0.238. The van der Waals surface area contributed by atoms with E-state index in [1.54, 1.807) is 6.26 Å². The molecule has 0 saturated carbocycles. The van der Waals surface area contributed by atoms with Crippen molar-refractivity contribution in [2.75, 3.05) is 13.4 Å². The molecule has 0 bridgehead atoms. The van der Waals surface area contributed by atoms with Crippen LogP contribution in [-0.2, 0) is 14.3 Å². The summed E-state index contributed by atoms with van der Waals surface area (Å²) in [5, 5.41) is 0. The van der Waals surface area contributed by atoms with Crippen LogP contribution in [0.25, 0.3) is 0 Å². The van der Waals surface area contributed by atoms with Crippen molar-refractivity contribution in [3.05, 3.63) is 4.91 Å². The van der Waals surface area contributed by atoms with Crippen molar-refractivity contribution in [2.45, 2.75) is 0 Å². The van der Waals surface area contributed by atoms with Crippen LogP contribution in [0.1, 0.15) is 0 Å². The number of carbonyl (C=O) groups excluding carboxylic acids is 2. The van der Waals surface area contributed by atoms with Gasteiger partial charge < -0.3 is 4.74 Å². The monoisotopic (exact) mass is 146 g/mol. The highest BCUT2D eigenvalue weighted by atomic mass is 32.2. The first kappa shape index (κ1) is 8.27. The van der Waals surface area contributed by atoms with Gasteiger partial charge in [0.15, 0.2) is 4.91 Å². The van der Waals surface area contributed by atoms with Crippen LogP contribution in [0, 0.1) is 0 Å². The zero-order valence-electron chi connectivity index (χ0n) is 5.13. The maximum Gasteiger partial charge on any atom is 0.355 e. The van der Waals surface area contributed by atoms with E-state index in [0.29, 0.717) is 0 Å². The van der Waals surface area contributed by atoms with Crippen molar-refractivity contribution in [3.63, 3.8) is 0 Å². The van der Waals surface area contributed by atoms with Crippen molar-refractivity contribution in [3.8, 4) is 0 Å². The summed E-state index contributed by atoms with van der Waals surface area (Å²) in [4.78, 5) is 20.3. The van der Waals surface area contributed by atoms with E-state index < -0.39 is 5.97 Å². The predicted molar refractivity (Wildman–Crippen MR) is 34.7 cm³/mol.